The van der Waals surface area contributed by atoms with Crippen LogP contribution in [0.1, 0.15) is 30.5 Å². The Morgan fingerprint density at radius 2 is 1.81 bits per heavy atom. The number of hydrogen-bond acceptors (Lipinski definition) is 2. The van der Waals surface area contributed by atoms with Gasteiger partial charge < -0.3 is 10.1 Å². The van der Waals surface area contributed by atoms with Gasteiger partial charge >= 0.3 is 0 Å². The molecule has 0 aromatic heterocycles. The number of benzene rings is 2. The molecule has 0 aliphatic carbocycles. The van der Waals surface area contributed by atoms with Crippen molar-refractivity contribution >= 4 is 0 Å². The second-order valence-corrected chi connectivity index (χ2v) is 4.84. The number of halogens is 2. The third-order valence-corrected chi connectivity index (χ3v) is 3.45. The van der Waals surface area contributed by atoms with E-state index in [1.807, 2.05) is 31.3 Å². The first kappa shape index (κ1) is 15.4. The third kappa shape index (κ3) is 4.02. The molecule has 4 heteroatoms. The van der Waals surface area contributed by atoms with E-state index < -0.39 is 11.6 Å². The third-order valence-electron chi connectivity index (χ3n) is 3.45. The smallest absolute Gasteiger partial charge is 0.132 e. The second-order valence-electron chi connectivity index (χ2n) is 4.84. The summed E-state index contributed by atoms with van der Waals surface area (Å²) in [6.07, 6.45) is 0.998. The van der Waals surface area contributed by atoms with Crippen LogP contribution in [0.5, 0.6) is 5.75 Å². The topological polar surface area (TPSA) is 21.3 Å². The van der Waals surface area contributed by atoms with Crippen LogP contribution in [0.25, 0.3) is 0 Å². The van der Waals surface area contributed by atoms with Crippen molar-refractivity contribution in [3.05, 3.63) is 65.2 Å². The molecular weight excluding hydrogens is 272 g/mol. The lowest BCUT2D eigenvalue weighted by Gasteiger charge is -2.15. The van der Waals surface area contributed by atoms with Crippen LogP contribution in [0.3, 0.4) is 0 Å². The predicted octanol–water partition coefficient (Wildman–Crippen LogP) is 4.21. The number of ether oxygens (including phenoxy) is 1. The molecule has 1 N–H and O–H groups in total. The van der Waals surface area contributed by atoms with Crippen LogP contribution in [0.15, 0.2) is 42.5 Å². The maximum Gasteiger partial charge on any atom is 0.132 e. The van der Waals surface area contributed by atoms with Gasteiger partial charge in [0.2, 0.25) is 0 Å². The van der Waals surface area contributed by atoms with E-state index in [1.54, 1.807) is 0 Å². The second kappa shape index (κ2) is 7.18. The van der Waals surface area contributed by atoms with Crippen molar-refractivity contribution in [1.82, 2.24) is 5.32 Å². The summed E-state index contributed by atoms with van der Waals surface area (Å²) in [5.41, 5.74) is 1.52. The van der Waals surface area contributed by atoms with Gasteiger partial charge in [0.1, 0.15) is 24.0 Å². The largest absolute Gasteiger partial charge is 0.489 e. The standard InChI is InChI=1S/C17H19F2NO/c1-3-17(20-2)12-5-8-15(9-6-12)21-11-13-4-7-14(18)10-16(13)19/h4-10,17,20H,3,11H2,1-2H3. The first-order valence-corrected chi connectivity index (χ1v) is 6.98. The van der Waals surface area contributed by atoms with Crippen LogP contribution in [-0.2, 0) is 6.61 Å². The van der Waals surface area contributed by atoms with Crippen molar-refractivity contribution in [3.63, 3.8) is 0 Å². The zero-order valence-electron chi connectivity index (χ0n) is 12.2. The Bertz CT molecular complexity index is 580. The molecule has 1 atom stereocenters. The van der Waals surface area contributed by atoms with Crippen molar-refractivity contribution in [3.8, 4) is 5.75 Å². The molecule has 0 aliphatic heterocycles. The van der Waals surface area contributed by atoms with Gasteiger partial charge in [-0.05, 0) is 43.3 Å². The molecule has 0 saturated heterocycles. The zero-order valence-corrected chi connectivity index (χ0v) is 12.2. The van der Waals surface area contributed by atoms with E-state index in [2.05, 4.69) is 12.2 Å². The minimum atomic E-state index is -0.590. The Morgan fingerprint density at radius 1 is 1.10 bits per heavy atom. The molecule has 2 rings (SSSR count). The van der Waals surface area contributed by atoms with E-state index in [4.69, 9.17) is 4.74 Å². The Balaban J connectivity index is 2.00. The highest BCUT2D eigenvalue weighted by atomic mass is 19.1. The molecule has 2 aromatic rings. The summed E-state index contributed by atoms with van der Waals surface area (Å²) in [6, 6.07) is 11.5. The fourth-order valence-corrected chi connectivity index (χ4v) is 2.20. The molecule has 2 nitrogen and oxygen atoms in total. The van der Waals surface area contributed by atoms with Crippen molar-refractivity contribution in [2.45, 2.75) is 26.0 Å². The summed E-state index contributed by atoms with van der Waals surface area (Å²) in [4.78, 5) is 0. The number of nitrogens with one attached hydrogen (secondary N) is 1. The van der Waals surface area contributed by atoms with Crippen LogP contribution in [0.4, 0.5) is 8.78 Å². The van der Waals surface area contributed by atoms with Gasteiger partial charge in [-0.2, -0.15) is 0 Å². The lowest BCUT2D eigenvalue weighted by molar-refractivity contribution is 0.299. The average Bonchev–Trinajstić information content (AvgIpc) is 2.49. The van der Waals surface area contributed by atoms with Gasteiger partial charge in [-0.1, -0.05) is 19.1 Å². The quantitative estimate of drug-likeness (QED) is 0.860. The Labute approximate surface area is 123 Å². The molecule has 0 amide bonds. The SMILES string of the molecule is CCC(NC)c1ccc(OCc2ccc(F)cc2F)cc1. The average molecular weight is 291 g/mol. The van der Waals surface area contributed by atoms with E-state index in [-0.39, 0.29) is 6.61 Å². The summed E-state index contributed by atoms with van der Waals surface area (Å²) in [6.45, 7) is 2.19. The van der Waals surface area contributed by atoms with Gasteiger partial charge in [0.25, 0.3) is 0 Å². The van der Waals surface area contributed by atoms with Crippen LogP contribution in [0, 0.1) is 11.6 Å². The fraction of sp³-hybridized carbons (Fsp3) is 0.294. The van der Waals surface area contributed by atoms with Crippen LogP contribution >= 0.6 is 0 Å². The summed E-state index contributed by atoms with van der Waals surface area (Å²) < 4.78 is 31.8. The molecule has 0 aliphatic rings. The van der Waals surface area contributed by atoms with Crippen LogP contribution in [-0.4, -0.2) is 7.05 Å². The molecule has 0 saturated carbocycles. The molecular formula is C17H19F2NO. The van der Waals surface area contributed by atoms with E-state index in [9.17, 15) is 8.78 Å². The number of rotatable bonds is 6. The summed E-state index contributed by atoms with van der Waals surface area (Å²) in [7, 11) is 1.93. The first-order chi connectivity index (χ1) is 10.1. The monoisotopic (exact) mass is 291 g/mol. The fourth-order valence-electron chi connectivity index (χ4n) is 2.20. The molecule has 0 fully saturated rings. The highest BCUT2D eigenvalue weighted by Gasteiger charge is 2.07. The minimum absolute atomic E-state index is 0.0781. The molecule has 2 aromatic carbocycles. The lowest BCUT2D eigenvalue weighted by atomic mass is 10.0. The maximum atomic E-state index is 13.5. The van der Waals surface area contributed by atoms with Crippen LogP contribution in [0.2, 0.25) is 0 Å². The highest BCUT2D eigenvalue weighted by molar-refractivity contribution is 5.29. The van der Waals surface area contributed by atoms with Crippen molar-refractivity contribution in [2.24, 2.45) is 0 Å². The van der Waals surface area contributed by atoms with Gasteiger partial charge in [-0.25, -0.2) is 8.78 Å². The first-order valence-electron chi connectivity index (χ1n) is 6.98. The summed E-state index contributed by atoms with van der Waals surface area (Å²) in [5, 5.41) is 3.23. The van der Waals surface area contributed by atoms with Crippen molar-refractivity contribution in [2.75, 3.05) is 7.05 Å². The van der Waals surface area contributed by atoms with Gasteiger partial charge in [-0.15, -0.1) is 0 Å². The van der Waals surface area contributed by atoms with E-state index >= 15 is 0 Å². The Hall–Kier alpha value is -1.94. The molecule has 1 unspecified atom stereocenters. The Kier molecular flexibility index (Phi) is 5.28. The minimum Gasteiger partial charge on any atom is -0.489 e. The highest BCUT2D eigenvalue weighted by Crippen LogP contribution is 2.21. The van der Waals surface area contributed by atoms with Gasteiger partial charge in [0, 0.05) is 17.7 Å². The zero-order chi connectivity index (χ0) is 15.2. The van der Waals surface area contributed by atoms with Crippen molar-refractivity contribution in [1.29, 1.82) is 0 Å². The van der Waals surface area contributed by atoms with Gasteiger partial charge in [0.05, 0.1) is 0 Å². The molecule has 21 heavy (non-hydrogen) atoms. The van der Waals surface area contributed by atoms with E-state index in [0.29, 0.717) is 17.4 Å². The van der Waals surface area contributed by atoms with Gasteiger partial charge in [0.15, 0.2) is 0 Å². The molecule has 0 radical (unpaired) electrons. The number of hydrogen-bond donors (Lipinski definition) is 1. The van der Waals surface area contributed by atoms with E-state index in [1.165, 1.54) is 17.7 Å². The van der Waals surface area contributed by atoms with Gasteiger partial charge in [-0.3, -0.25) is 0 Å². The molecule has 0 heterocycles. The molecule has 0 bridgehead atoms. The van der Waals surface area contributed by atoms with Crippen molar-refractivity contribution < 1.29 is 13.5 Å². The Morgan fingerprint density at radius 3 is 2.38 bits per heavy atom. The van der Waals surface area contributed by atoms with Crippen LogP contribution < -0.4 is 10.1 Å². The summed E-state index contributed by atoms with van der Waals surface area (Å²) >= 11 is 0. The lowest BCUT2D eigenvalue weighted by Crippen LogP contribution is -2.14. The maximum absolute atomic E-state index is 13.5. The molecule has 112 valence electrons. The summed E-state index contributed by atoms with van der Waals surface area (Å²) in [5.74, 6) is -0.514. The van der Waals surface area contributed by atoms with E-state index in [0.717, 1.165) is 12.5 Å². The predicted molar refractivity (Wildman–Crippen MR) is 79.2 cm³/mol. The molecule has 0 spiro atoms. The normalized spacial score (nSPS) is 12.2.